The summed E-state index contributed by atoms with van der Waals surface area (Å²) >= 11 is 6.10. The Balaban J connectivity index is 1.39. The van der Waals surface area contributed by atoms with E-state index in [0.717, 1.165) is 11.6 Å². The molecule has 2 amide bonds. The van der Waals surface area contributed by atoms with E-state index in [1.54, 1.807) is 21.9 Å². The van der Waals surface area contributed by atoms with Crippen molar-refractivity contribution in [1.82, 2.24) is 14.7 Å². The molecule has 5 rings (SSSR count). The molecule has 0 N–H and O–H groups in total. The van der Waals surface area contributed by atoms with Crippen LogP contribution in [0.2, 0.25) is 5.02 Å². The van der Waals surface area contributed by atoms with Crippen molar-refractivity contribution in [2.45, 2.75) is 69.9 Å². The largest absolute Gasteiger partial charge is 0.341 e. The topological polar surface area (TPSA) is 43.9 Å². The first-order chi connectivity index (χ1) is 19.7. The molecule has 3 fully saturated rings. The maximum Gasteiger partial charge on any atom is 0.249 e. The molecule has 2 aromatic rings. The summed E-state index contributed by atoms with van der Waals surface area (Å²) in [5, 5.41) is 0.561. The fourth-order valence-corrected chi connectivity index (χ4v) is 6.79. The molecule has 1 aliphatic carbocycles. The van der Waals surface area contributed by atoms with E-state index in [2.05, 4.69) is 4.90 Å². The third kappa shape index (κ3) is 6.47. The normalized spacial score (nSPS) is 25.6. The average molecular weight is 608 g/mol. The summed E-state index contributed by atoms with van der Waals surface area (Å²) in [6, 6.07) is 10.4. The van der Waals surface area contributed by atoms with Crippen molar-refractivity contribution in [1.29, 1.82) is 0 Å². The number of nitrogens with zero attached hydrogens (tertiary/aromatic N) is 3. The third-order valence-corrected chi connectivity index (χ3v) is 9.38. The fourth-order valence-electron chi connectivity index (χ4n) is 6.67. The number of alkyl halides is 2. The summed E-state index contributed by atoms with van der Waals surface area (Å²) in [6.07, 6.45) is 0.214. The number of halogens is 5. The van der Waals surface area contributed by atoms with Gasteiger partial charge in [-0.1, -0.05) is 29.8 Å². The molecule has 10 heteroatoms. The lowest BCUT2D eigenvalue weighted by Crippen LogP contribution is -2.52. The Labute approximate surface area is 249 Å². The highest BCUT2D eigenvalue weighted by atomic mass is 35.5. The molecular formula is C32H38ClF4N3O2. The van der Waals surface area contributed by atoms with Crippen molar-refractivity contribution in [3.05, 3.63) is 70.2 Å². The van der Waals surface area contributed by atoms with Crippen molar-refractivity contribution in [2.24, 2.45) is 11.8 Å². The van der Waals surface area contributed by atoms with E-state index < -0.39 is 48.2 Å². The van der Waals surface area contributed by atoms with Crippen LogP contribution < -0.4 is 0 Å². The van der Waals surface area contributed by atoms with E-state index in [1.165, 1.54) is 12.1 Å². The molecular weight excluding hydrogens is 570 g/mol. The summed E-state index contributed by atoms with van der Waals surface area (Å²) in [7, 11) is 0. The number of carbonyl (C=O) groups is 2. The minimum Gasteiger partial charge on any atom is -0.341 e. The zero-order valence-electron chi connectivity index (χ0n) is 24.3. The van der Waals surface area contributed by atoms with Crippen LogP contribution in [0.15, 0.2) is 42.5 Å². The molecule has 0 bridgehead atoms. The lowest BCUT2D eigenvalue weighted by atomic mass is 9.79. The van der Waals surface area contributed by atoms with Gasteiger partial charge in [-0.3, -0.25) is 14.5 Å². The van der Waals surface area contributed by atoms with Crippen LogP contribution in [0.4, 0.5) is 17.6 Å². The number of rotatable bonds is 4. The van der Waals surface area contributed by atoms with Gasteiger partial charge < -0.3 is 9.80 Å². The van der Waals surface area contributed by atoms with E-state index in [0.29, 0.717) is 43.1 Å². The Morgan fingerprint density at radius 1 is 0.929 bits per heavy atom. The van der Waals surface area contributed by atoms with Crippen LogP contribution in [0.1, 0.15) is 69.5 Å². The number of benzene rings is 2. The van der Waals surface area contributed by atoms with Gasteiger partial charge in [0, 0.05) is 74.0 Å². The molecule has 42 heavy (non-hydrogen) atoms. The monoisotopic (exact) mass is 607 g/mol. The van der Waals surface area contributed by atoms with Crippen LogP contribution in [0.3, 0.4) is 0 Å². The Morgan fingerprint density at radius 2 is 1.62 bits per heavy atom. The van der Waals surface area contributed by atoms with E-state index in [4.69, 9.17) is 11.6 Å². The van der Waals surface area contributed by atoms with E-state index >= 15 is 0 Å². The van der Waals surface area contributed by atoms with E-state index in [-0.39, 0.29) is 36.5 Å². The number of likely N-dealkylation sites (tertiary alicyclic amines) is 1. The summed E-state index contributed by atoms with van der Waals surface area (Å²) in [6.45, 7) is 7.89. The highest BCUT2D eigenvalue weighted by Crippen LogP contribution is 2.45. The molecule has 2 saturated heterocycles. The van der Waals surface area contributed by atoms with Gasteiger partial charge in [0.1, 0.15) is 11.6 Å². The second-order valence-electron chi connectivity index (χ2n) is 13.0. The van der Waals surface area contributed by atoms with Crippen molar-refractivity contribution < 1.29 is 27.2 Å². The van der Waals surface area contributed by atoms with Crippen LogP contribution in [-0.2, 0) is 9.59 Å². The van der Waals surface area contributed by atoms with Gasteiger partial charge in [-0.25, -0.2) is 17.6 Å². The molecule has 3 aliphatic rings. The third-order valence-electron chi connectivity index (χ3n) is 9.13. The van der Waals surface area contributed by atoms with Crippen LogP contribution in [-0.4, -0.2) is 70.7 Å². The first-order valence-electron chi connectivity index (χ1n) is 14.7. The summed E-state index contributed by atoms with van der Waals surface area (Å²) in [4.78, 5) is 33.2. The van der Waals surface area contributed by atoms with Gasteiger partial charge in [0.2, 0.25) is 17.7 Å². The Morgan fingerprint density at radius 3 is 2.24 bits per heavy atom. The van der Waals surface area contributed by atoms with Crippen molar-refractivity contribution in [3.63, 3.8) is 0 Å². The molecule has 3 atom stereocenters. The van der Waals surface area contributed by atoms with Gasteiger partial charge >= 0.3 is 0 Å². The van der Waals surface area contributed by atoms with Crippen molar-refractivity contribution >= 4 is 23.4 Å². The minimum absolute atomic E-state index is 0.136. The fraction of sp³-hybridized carbons (Fsp3) is 0.562. The lowest BCUT2D eigenvalue weighted by Gasteiger charge is -2.43. The van der Waals surface area contributed by atoms with Gasteiger partial charge in [0.05, 0.1) is 12.0 Å². The molecule has 2 aliphatic heterocycles. The quantitative estimate of drug-likeness (QED) is 0.365. The molecule has 228 valence electrons. The predicted octanol–water partition coefficient (Wildman–Crippen LogP) is 6.67. The van der Waals surface area contributed by atoms with Crippen molar-refractivity contribution in [2.75, 3.05) is 32.7 Å². The minimum atomic E-state index is -2.83. The lowest BCUT2D eigenvalue weighted by molar-refractivity contribution is -0.163. The van der Waals surface area contributed by atoms with Gasteiger partial charge in [-0.2, -0.15) is 0 Å². The SMILES string of the molecule is CC(C)(C)N1CC(C(=O)N2CCCC(c3ccc(Cl)cc3)N(C(=O)C3CC(F)(F)C3)CC2)C(c2ccc(F)cc2F)C1. The molecule has 0 spiro atoms. The summed E-state index contributed by atoms with van der Waals surface area (Å²) in [5.74, 6) is -6.38. The second kappa shape index (κ2) is 11.8. The van der Waals surface area contributed by atoms with Gasteiger partial charge in [-0.05, 0) is 62.9 Å². The molecule has 0 radical (unpaired) electrons. The number of hydrogen-bond acceptors (Lipinski definition) is 3. The number of hydrogen-bond donors (Lipinski definition) is 0. The van der Waals surface area contributed by atoms with Crippen LogP contribution >= 0.6 is 11.6 Å². The van der Waals surface area contributed by atoms with Gasteiger partial charge in [-0.15, -0.1) is 0 Å². The molecule has 2 heterocycles. The van der Waals surface area contributed by atoms with Crippen LogP contribution in [0.5, 0.6) is 0 Å². The van der Waals surface area contributed by atoms with Crippen LogP contribution in [0.25, 0.3) is 0 Å². The molecule has 0 aromatic heterocycles. The van der Waals surface area contributed by atoms with Gasteiger partial charge in [0.15, 0.2) is 0 Å². The standard InChI is InChI=1S/C32H38ClF4N3O2/c1-31(2,3)39-18-25(24-11-10-23(34)15-27(24)35)26(19-39)30(42)38-12-4-5-28(20-6-8-22(33)9-7-20)40(14-13-38)29(41)21-16-32(36,37)17-21/h6-11,15,21,25-26,28H,4-5,12-14,16-19H2,1-3H3. The molecule has 3 unspecified atom stereocenters. The summed E-state index contributed by atoms with van der Waals surface area (Å²) in [5.41, 5.74) is 0.932. The maximum atomic E-state index is 15.0. The van der Waals surface area contributed by atoms with Crippen LogP contribution in [0, 0.1) is 23.5 Å². The van der Waals surface area contributed by atoms with Gasteiger partial charge in [0.25, 0.3) is 0 Å². The van der Waals surface area contributed by atoms with E-state index in [9.17, 15) is 27.2 Å². The van der Waals surface area contributed by atoms with Crippen molar-refractivity contribution in [3.8, 4) is 0 Å². The average Bonchev–Trinajstić information content (AvgIpc) is 3.33. The first-order valence-corrected chi connectivity index (χ1v) is 15.0. The highest BCUT2D eigenvalue weighted by molar-refractivity contribution is 6.30. The molecule has 5 nitrogen and oxygen atoms in total. The first kappa shape index (κ1) is 30.8. The Bertz CT molecular complexity index is 1310. The maximum absolute atomic E-state index is 15.0. The molecule has 1 saturated carbocycles. The Hall–Kier alpha value is -2.65. The van der Waals surface area contributed by atoms with E-state index in [1.807, 2.05) is 32.9 Å². The zero-order valence-corrected chi connectivity index (χ0v) is 25.0. The zero-order chi connectivity index (χ0) is 30.4. The number of carbonyl (C=O) groups excluding carboxylic acids is 2. The molecule has 2 aromatic carbocycles. The second-order valence-corrected chi connectivity index (χ2v) is 13.4. The summed E-state index contributed by atoms with van der Waals surface area (Å²) < 4.78 is 56.1. The highest BCUT2D eigenvalue weighted by Gasteiger charge is 2.51. The Kier molecular flexibility index (Phi) is 8.65. The predicted molar refractivity (Wildman–Crippen MR) is 153 cm³/mol. The number of amides is 2. The smallest absolute Gasteiger partial charge is 0.249 e.